The van der Waals surface area contributed by atoms with Gasteiger partial charge in [-0.2, -0.15) is 0 Å². The molecule has 8 fully saturated rings. The van der Waals surface area contributed by atoms with Crippen molar-refractivity contribution in [3.8, 4) is 0 Å². The molecular weight excluding hydrogens is 1030 g/mol. The zero-order valence-electron chi connectivity index (χ0n) is 45.7. The fourth-order valence-electron chi connectivity index (χ4n) is 16.9. The quantitative estimate of drug-likeness (QED) is 0.0625. The van der Waals surface area contributed by atoms with Crippen LogP contribution in [0, 0.1) is 50.2 Å². The van der Waals surface area contributed by atoms with Gasteiger partial charge in [0.1, 0.15) is 97.7 Å². The van der Waals surface area contributed by atoms with Crippen molar-refractivity contribution in [2.24, 2.45) is 50.2 Å². The third-order valence-electron chi connectivity index (χ3n) is 21.6. The number of hydrogen-bond acceptors (Lipinski definition) is 24. The fourth-order valence-corrected chi connectivity index (χ4v) is 16.9. The minimum atomic E-state index is -1.95. The molecule has 450 valence electrons. The molecule has 0 aromatic carbocycles. The van der Waals surface area contributed by atoms with E-state index in [9.17, 15) is 81.7 Å². The van der Waals surface area contributed by atoms with Crippen molar-refractivity contribution < 1.29 is 120 Å². The molecule has 24 heteroatoms. The number of allylic oxidation sites excluding steroid dienone is 2. The fraction of sp³-hybridized carbons (Fsp3) is 0.963. The summed E-state index contributed by atoms with van der Waals surface area (Å²) < 4.78 is 49.1. The Kier molecular flexibility index (Phi) is 17.6. The molecule has 5 aliphatic carbocycles. The van der Waals surface area contributed by atoms with Crippen LogP contribution in [0.4, 0.5) is 0 Å². The van der Waals surface area contributed by atoms with Crippen LogP contribution < -0.4 is 0 Å². The summed E-state index contributed by atoms with van der Waals surface area (Å²) in [5, 5.41) is 174. The molecule has 0 bridgehead atoms. The molecule has 4 saturated heterocycles. The maximum atomic E-state index is 12.8. The number of aliphatic hydroxyl groups excluding tert-OH is 16. The Bertz CT molecular complexity index is 2100. The van der Waals surface area contributed by atoms with Crippen LogP contribution >= 0.6 is 0 Å². The first-order valence-electron chi connectivity index (χ1n) is 28.0. The van der Waals surface area contributed by atoms with Crippen LogP contribution in [0.25, 0.3) is 0 Å². The zero-order chi connectivity index (χ0) is 57.1. The van der Waals surface area contributed by atoms with Gasteiger partial charge < -0.3 is 120 Å². The first kappa shape index (κ1) is 61.3. The predicted octanol–water partition coefficient (Wildman–Crippen LogP) is -3.62. The van der Waals surface area contributed by atoms with Gasteiger partial charge in [0.15, 0.2) is 25.2 Å². The van der Waals surface area contributed by atoms with Gasteiger partial charge in [0.05, 0.1) is 56.8 Å². The minimum absolute atomic E-state index is 0.0161. The minimum Gasteiger partial charge on any atom is -0.396 e. The number of ether oxygens (including phenoxy) is 8. The molecule has 4 aliphatic heterocycles. The van der Waals surface area contributed by atoms with Crippen LogP contribution in [0.1, 0.15) is 99.8 Å². The van der Waals surface area contributed by atoms with Gasteiger partial charge in [-0.05, 0) is 96.2 Å². The average molecular weight is 1120 g/mol. The largest absolute Gasteiger partial charge is 0.396 e. The first-order valence-corrected chi connectivity index (χ1v) is 28.0. The monoisotopic (exact) mass is 1120 g/mol. The molecule has 0 amide bonds. The van der Waals surface area contributed by atoms with Gasteiger partial charge in [-0.25, -0.2) is 0 Å². The van der Waals surface area contributed by atoms with E-state index in [1.54, 1.807) is 0 Å². The zero-order valence-corrected chi connectivity index (χ0v) is 45.7. The van der Waals surface area contributed by atoms with Crippen LogP contribution in [0.3, 0.4) is 0 Å². The highest BCUT2D eigenvalue weighted by Crippen LogP contribution is 2.76. The predicted molar refractivity (Wildman–Crippen MR) is 265 cm³/mol. The molecule has 0 aromatic heterocycles. The molecule has 78 heavy (non-hydrogen) atoms. The van der Waals surface area contributed by atoms with E-state index in [0.29, 0.717) is 38.5 Å². The lowest BCUT2D eigenvalue weighted by atomic mass is 9.33. The SMILES string of the molecule is CC1(C)C[C@H](O[C@H]2O[C@@H](CO)[C@H](O)[C@@H](O)[C@@H]2O)[C@]2(CO)[C@H](O)C[C@]3(C)C(=CC[C@@H]4[C@@]5(C)CC[C@H](O[C@@H]6O[C@H](CO)[C@@H](O)[C@H](O)[C@H]6O[C@@H]6O[C@H](CO)[C@@H](O)[C@H](O)[C@H]6O[C@@H]6O[C@H](CO)[C@@H](O)[C@H](O)[C@H]6O)C(C)(C)[C@@H]5CC[C@]43C)[C@H]2C1. The number of rotatable bonds is 13. The van der Waals surface area contributed by atoms with E-state index in [1.165, 1.54) is 0 Å². The summed E-state index contributed by atoms with van der Waals surface area (Å²) in [5.41, 5.74) is -2.35. The van der Waals surface area contributed by atoms with Crippen LogP contribution in [-0.4, -0.2) is 256 Å². The van der Waals surface area contributed by atoms with Crippen LogP contribution in [0.2, 0.25) is 0 Å². The van der Waals surface area contributed by atoms with Gasteiger partial charge in [-0.3, -0.25) is 0 Å². The molecule has 9 rings (SSSR count). The van der Waals surface area contributed by atoms with E-state index in [0.717, 1.165) is 18.4 Å². The Morgan fingerprint density at radius 3 is 1.42 bits per heavy atom. The lowest BCUT2D eigenvalue weighted by molar-refractivity contribution is -0.398. The molecule has 9 aliphatic rings. The molecule has 0 radical (unpaired) electrons. The summed E-state index contributed by atoms with van der Waals surface area (Å²) in [4.78, 5) is 0. The Hall–Kier alpha value is -1.22. The van der Waals surface area contributed by atoms with Gasteiger partial charge in [0.2, 0.25) is 0 Å². The molecule has 0 unspecified atom stereocenters. The van der Waals surface area contributed by atoms with Crippen LogP contribution in [-0.2, 0) is 37.9 Å². The number of hydrogen-bond donors (Lipinski definition) is 16. The van der Waals surface area contributed by atoms with Crippen molar-refractivity contribution in [1.29, 1.82) is 0 Å². The van der Waals surface area contributed by atoms with Gasteiger partial charge in [0, 0.05) is 0 Å². The highest BCUT2D eigenvalue weighted by molar-refractivity contribution is 5.36. The highest BCUT2D eigenvalue weighted by Gasteiger charge is 2.72. The second-order valence-corrected chi connectivity index (χ2v) is 26.5. The molecule has 4 heterocycles. The number of aliphatic hydroxyl groups is 16. The summed E-state index contributed by atoms with van der Waals surface area (Å²) in [6.45, 7) is 11.9. The van der Waals surface area contributed by atoms with E-state index < -0.39 is 190 Å². The van der Waals surface area contributed by atoms with Crippen molar-refractivity contribution in [1.82, 2.24) is 0 Å². The average Bonchev–Trinajstić information content (AvgIpc) is 2.00. The summed E-state index contributed by atoms with van der Waals surface area (Å²) >= 11 is 0. The van der Waals surface area contributed by atoms with E-state index in [2.05, 4.69) is 54.5 Å². The summed E-state index contributed by atoms with van der Waals surface area (Å²) in [7, 11) is 0. The molecule has 30 atom stereocenters. The first-order chi connectivity index (χ1) is 36.5. The molecule has 4 saturated carbocycles. The standard InChI is InChI=1S/C54H90O24/c1-49(2)14-23-22-8-9-29-51(5)12-11-31(50(3,4)28(51)10-13-52(29,6)53(22,7)15-30(60)54(23,21-59)32(16-49)76-45-41(69)37(65)33(61)24(17-55)71-45)75-47-43(39(67)35(63)26(19-57)73-47)78-48-44(40(68)36(64)27(20-58)74-48)77-46-42(70)38(66)34(62)25(18-56)72-46/h8,23-48,55-70H,9-21H2,1-7H3/t23-,24+,25-,26-,27-,28+,29-,30-,31+,32+,33+,34-,35-,36-,37-,38+,39+,40+,41+,42-,43-,44-,45-,46+,47+,48+,51+,52-,53-,54+/m1/s1. The lowest BCUT2D eigenvalue weighted by Crippen LogP contribution is -2.70. The molecule has 0 spiro atoms. The van der Waals surface area contributed by atoms with Crippen LogP contribution in [0.15, 0.2) is 11.6 Å². The van der Waals surface area contributed by atoms with E-state index in [1.807, 2.05) is 0 Å². The second-order valence-electron chi connectivity index (χ2n) is 26.5. The molecular formula is C54H90O24. The van der Waals surface area contributed by atoms with Crippen molar-refractivity contribution in [3.05, 3.63) is 11.6 Å². The van der Waals surface area contributed by atoms with Gasteiger partial charge in [0.25, 0.3) is 0 Å². The molecule has 16 N–H and O–H groups in total. The Labute approximate surface area is 454 Å². The van der Waals surface area contributed by atoms with Crippen molar-refractivity contribution in [2.45, 2.75) is 241 Å². The maximum Gasteiger partial charge on any atom is 0.187 e. The lowest BCUT2D eigenvalue weighted by Gasteiger charge is -2.72. The van der Waals surface area contributed by atoms with E-state index >= 15 is 0 Å². The van der Waals surface area contributed by atoms with Gasteiger partial charge >= 0.3 is 0 Å². The van der Waals surface area contributed by atoms with Crippen molar-refractivity contribution in [3.63, 3.8) is 0 Å². The highest BCUT2D eigenvalue weighted by atomic mass is 16.8. The normalized spacial score (nSPS) is 54.9. The number of fused-ring (bicyclic) bond motifs is 7. The third kappa shape index (κ3) is 9.71. The van der Waals surface area contributed by atoms with E-state index in [4.69, 9.17) is 37.9 Å². The summed E-state index contributed by atoms with van der Waals surface area (Å²) in [6.07, 6.45) is -29.1. The Morgan fingerprint density at radius 1 is 0.474 bits per heavy atom. The Morgan fingerprint density at radius 2 is 0.923 bits per heavy atom. The summed E-state index contributed by atoms with van der Waals surface area (Å²) in [5.74, 6) is -0.257. The summed E-state index contributed by atoms with van der Waals surface area (Å²) in [6, 6.07) is 0. The van der Waals surface area contributed by atoms with Gasteiger partial charge in [-0.1, -0.05) is 60.1 Å². The maximum absolute atomic E-state index is 12.8. The van der Waals surface area contributed by atoms with E-state index in [-0.39, 0.29) is 34.0 Å². The second kappa shape index (κ2) is 22.3. The molecule has 0 aromatic rings. The van der Waals surface area contributed by atoms with Crippen molar-refractivity contribution in [2.75, 3.05) is 33.0 Å². The topological polar surface area (TPSA) is 398 Å². The molecule has 24 nitrogen and oxygen atoms in total. The van der Waals surface area contributed by atoms with Crippen molar-refractivity contribution >= 4 is 0 Å². The van der Waals surface area contributed by atoms with Gasteiger partial charge in [-0.15, -0.1) is 0 Å². The van der Waals surface area contributed by atoms with Crippen LogP contribution in [0.5, 0.6) is 0 Å². The Balaban J connectivity index is 0.974. The third-order valence-corrected chi connectivity index (χ3v) is 21.6. The smallest absolute Gasteiger partial charge is 0.187 e.